The summed E-state index contributed by atoms with van der Waals surface area (Å²) in [5.74, 6) is -2.21. The summed E-state index contributed by atoms with van der Waals surface area (Å²) in [5, 5.41) is 14.2. The van der Waals surface area contributed by atoms with Gasteiger partial charge in [0.2, 0.25) is 17.8 Å². The van der Waals surface area contributed by atoms with E-state index < -0.39 is 17.5 Å². The van der Waals surface area contributed by atoms with Crippen LogP contribution in [0.5, 0.6) is 0 Å². The van der Waals surface area contributed by atoms with Gasteiger partial charge in [-0.15, -0.1) is 10.2 Å². The molecule has 0 unspecified atom stereocenters. The predicted molar refractivity (Wildman–Crippen MR) is 126 cm³/mol. The zero-order valence-corrected chi connectivity index (χ0v) is 19.2. The molecule has 178 valence electrons. The lowest BCUT2D eigenvalue weighted by Crippen LogP contribution is -2.34. The van der Waals surface area contributed by atoms with Crippen LogP contribution in [0.2, 0.25) is 0 Å². The summed E-state index contributed by atoms with van der Waals surface area (Å²) in [6.07, 6.45) is 3.39. The molecular formula is C23H24F2N6O2S. The zero-order chi connectivity index (χ0) is 23.9. The Balaban J connectivity index is 1.36. The van der Waals surface area contributed by atoms with Crippen LogP contribution in [-0.2, 0) is 9.59 Å². The van der Waals surface area contributed by atoms with Gasteiger partial charge in [-0.3, -0.25) is 14.2 Å². The molecule has 0 radical (unpaired) electrons. The molecule has 0 bridgehead atoms. The van der Waals surface area contributed by atoms with E-state index in [0.29, 0.717) is 5.16 Å². The molecule has 2 aromatic carbocycles. The lowest BCUT2D eigenvalue weighted by Gasteiger charge is -2.27. The number of piperidine rings is 1. The van der Waals surface area contributed by atoms with Crippen LogP contribution in [0.25, 0.3) is 5.69 Å². The standard InChI is InChI=1S/C23H24F2N6O2S/c24-18-10-9-16(13-19(18)25)27-20(32)14-26-21(33)15-34-23-29-28-22(30-11-5-2-6-12-30)31(23)17-7-3-1-4-8-17/h1,3-4,7-10,13H,2,5-6,11-12,14-15H2,(H,26,33)(H,27,32). The Morgan fingerprint density at radius 3 is 2.44 bits per heavy atom. The second-order valence-corrected chi connectivity index (χ2v) is 8.69. The van der Waals surface area contributed by atoms with E-state index in [-0.39, 0.29) is 23.9 Å². The molecule has 0 aliphatic carbocycles. The number of thioether (sulfide) groups is 1. The Hall–Kier alpha value is -3.47. The fourth-order valence-corrected chi connectivity index (χ4v) is 4.37. The molecular weight excluding hydrogens is 462 g/mol. The van der Waals surface area contributed by atoms with Crippen LogP contribution in [0.4, 0.5) is 20.4 Å². The predicted octanol–water partition coefficient (Wildman–Crippen LogP) is 3.38. The molecule has 1 aliphatic rings. The van der Waals surface area contributed by atoms with E-state index in [1.54, 1.807) is 0 Å². The van der Waals surface area contributed by atoms with Gasteiger partial charge < -0.3 is 15.5 Å². The molecule has 1 fully saturated rings. The van der Waals surface area contributed by atoms with Gasteiger partial charge in [0.05, 0.1) is 18.0 Å². The number of benzene rings is 2. The first kappa shape index (κ1) is 23.7. The third kappa shape index (κ3) is 5.90. The number of hydrogen-bond acceptors (Lipinski definition) is 6. The first-order valence-corrected chi connectivity index (χ1v) is 11.9. The molecule has 11 heteroatoms. The summed E-state index contributed by atoms with van der Waals surface area (Å²) < 4.78 is 28.2. The first-order chi connectivity index (χ1) is 16.5. The maximum absolute atomic E-state index is 13.3. The van der Waals surface area contributed by atoms with Gasteiger partial charge in [0.15, 0.2) is 16.8 Å². The minimum atomic E-state index is -1.07. The van der Waals surface area contributed by atoms with Gasteiger partial charge in [0, 0.05) is 24.8 Å². The molecule has 1 aliphatic heterocycles. The number of nitrogens with one attached hydrogen (secondary N) is 2. The molecule has 34 heavy (non-hydrogen) atoms. The van der Waals surface area contributed by atoms with Crippen molar-refractivity contribution in [2.24, 2.45) is 0 Å². The monoisotopic (exact) mass is 486 g/mol. The molecule has 1 aromatic heterocycles. The van der Waals surface area contributed by atoms with Gasteiger partial charge in [-0.05, 0) is 43.5 Å². The minimum Gasteiger partial charge on any atom is -0.346 e. The maximum Gasteiger partial charge on any atom is 0.243 e. The number of hydrogen-bond donors (Lipinski definition) is 2. The highest BCUT2D eigenvalue weighted by Gasteiger charge is 2.22. The third-order valence-corrected chi connectivity index (χ3v) is 6.18. The molecule has 4 rings (SSSR count). The van der Waals surface area contributed by atoms with Crippen molar-refractivity contribution in [2.45, 2.75) is 24.4 Å². The Kier molecular flexibility index (Phi) is 7.73. The average Bonchev–Trinajstić information content (AvgIpc) is 3.29. The van der Waals surface area contributed by atoms with E-state index in [9.17, 15) is 18.4 Å². The molecule has 0 atom stereocenters. The number of para-hydroxylation sites is 1. The zero-order valence-electron chi connectivity index (χ0n) is 18.3. The number of carbonyl (C=O) groups is 2. The van der Waals surface area contributed by atoms with Crippen LogP contribution in [0.15, 0.2) is 53.7 Å². The molecule has 2 heterocycles. The second-order valence-electron chi connectivity index (χ2n) is 7.74. The second kappa shape index (κ2) is 11.1. The lowest BCUT2D eigenvalue weighted by atomic mass is 10.1. The molecule has 2 N–H and O–H groups in total. The number of amides is 2. The number of nitrogens with zero attached hydrogens (tertiary/aromatic N) is 4. The van der Waals surface area contributed by atoms with Crippen molar-refractivity contribution in [1.82, 2.24) is 20.1 Å². The lowest BCUT2D eigenvalue weighted by molar-refractivity contribution is -0.122. The van der Waals surface area contributed by atoms with Crippen LogP contribution >= 0.6 is 11.8 Å². The van der Waals surface area contributed by atoms with E-state index >= 15 is 0 Å². The smallest absolute Gasteiger partial charge is 0.243 e. The fourth-order valence-electron chi connectivity index (χ4n) is 3.60. The molecule has 8 nitrogen and oxygen atoms in total. The summed E-state index contributed by atoms with van der Waals surface area (Å²) in [5.41, 5.74) is 1.01. The Labute approximate surface area is 199 Å². The van der Waals surface area contributed by atoms with Crippen molar-refractivity contribution >= 4 is 35.2 Å². The summed E-state index contributed by atoms with van der Waals surface area (Å²) in [6.45, 7) is 1.51. The summed E-state index contributed by atoms with van der Waals surface area (Å²) in [7, 11) is 0. The highest BCUT2D eigenvalue weighted by Crippen LogP contribution is 2.28. The molecule has 2 amide bonds. The van der Waals surface area contributed by atoms with Crippen molar-refractivity contribution in [3.05, 3.63) is 60.2 Å². The van der Waals surface area contributed by atoms with Crippen LogP contribution < -0.4 is 15.5 Å². The van der Waals surface area contributed by atoms with Gasteiger partial charge in [-0.2, -0.15) is 0 Å². The summed E-state index contributed by atoms with van der Waals surface area (Å²) in [4.78, 5) is 26.6. The van der Waals surface area contributed by atoms with Gasteiger partial charge in [0.1, 0.15) is 0 Å². The van der Waals surface area contributed by atoms with Crippen molar-refractivity contribution in [3.63, 3.8) is 0 Å². The van der Waals surface area contributed by atoms with E-state index in [1.807, 2.05) is 34.9 Å². The quantitative estimate of drug-likeness (QED) is 0.475. The van der Waals surface area contributed by atoms with Crippen LogP contribution in [0, 0.1) is 11.6 Å². The van der Waals surface area contributed by atoms with Crippen molar-refractivity contribution in [2.75, 3.05) is 35.6 Å². The van der Waals surface area contributed by atoms with E-state index in [1.165, 1.54) is 24.2 Å². The highest BCUT2D eigenvalue weighted by atomic mass is 32.2. The van der Waals surface area contributed by atoms with Crippen molar-refractivity contribution < 1.29 is 18.4 Å². The van der Waals surface area contributed by atoms with Crippen molar-refractivity contribution in [3.8, 4) is 5.69 Å². The molecule has 0 spiro atoms. The number of anilines is 2. The Bertz CT molecular complexity index is 1150. The summed E-state index contributed by atoms with van der Waals surface area (Å²) in [6, 6.07) is 12.8. The maximum atomic E-state index is 13.3. The van der Waals surface area contributed by atoms with Crippen LogP contribution in [-0.4, -0.2) is 52.0 Å². The summed E-state index contributed by atoms with van der Waals surface area (Å²) >= 11 is 1.22. The third-order valence-electron chi connectivity index (χ3n) is 5.25. The molecule has 0 saturated carbocycles. The van der Waals surface area contributed by atoms with Gasteiger partial charge >= 0.3 is 0 Å². The normalized spacial score (nSPS) is 13.5. The van der Waals surface area contributed by atoms with Crippen molar-refractivity contribution in [1.29, 1.82) is 0 Å². The largest absolute Gasteiger partial charge is 0.346 e. The van der Waals surface area contributed by atoms with E-state index in [2.05, 4.69) is 25.7 Å². The molecule has 1 saturated heterocycles. The fraction of sp³-hybridized carbons (Fsp3) is 0.304. The number of halogens is 2. The topological polar surface area (TPSA) is 92.2 Å². The Morgan fingerprint density at radius 2 is 1.71 bits per heavy atom. The van der Waals surface area contributed by atoms with Gasteiger partial charge in [-0.25, -0.2) is 8.78 Å². The number of carbonyl (C=O) groups excluding carboxylic acids is 2. The van der Waals surface area contributed by atoms with E-state index in [4.69, 9.17) is 0 Å². The minimum absolute atomic E-state index is 0.0312. The van der Waals surface area contributed by atoms with Crippen LogP contribution in [0.1, 0.15) is 19.3 Å². The molecule has 3 aromatic rings. The highest BCUT2D eigenvalue weighted by molar-refractivity contribution is 7.99. The van der Waals surface area contributed by atoms with Crippen LogP contribution in [0.3, 0.4) is 0 Å². The van der Waals surface area contributed by atoms with Gasteiger partial charge in [0.25, 0.3) is 0 Å². The Morgan fingerprint density at radius 1 is 0.941 bits per heavy atom. The number of rotatable bonds is 8. The average molecular weight is 487 g/mol. The first-order valence-electron chi connectivity index (χ1n) is 10.9. The van der Waals surface area contributed by atoms with E-state index in [0.717, 1.165) is 49.7 Å². The SMILES string of the molecule is O=C(CSc1nnc(N2CCCCC2)n1-c1ccccc1)NCC(=O)Nc1ccc(F)c(F)c1. The number of aromatic nitrogens is 3. The van der Waals surface area contributed by atoms with Gasteiger partial charge in [-0.1, -0.05) is 30.0 Å².